The Bertz CT molecular complexity index is 967. The van der Waals surface area contributed by atoms with Crippen molar-refractivity contribution in [3.63, 3.8) is 0 Å². The first-order chi connectivity index (χ1) is 16.6. The molecule has 3 aromatic carbocycles. The van der Waals surface area contributed by atoms with E-state index in [4.69, 9.17) is 20.4 Å². The second kappa shape index (κ2) is 16.0. The van der Waals surface area contributed by atoms with E-state index in [0.717, 1.165) is 36.1 Å². The van der Waals surface area contributed by atoms with Crippen LogP contribution in [-0.2, 0) is 20.9 Å². The summed E-state index contributed by atoms with van der Waals surface area (Å²) in [5.41, 5.74) is 8.71. The van der Waals surface area contributed by atoms with E-state index in [1.165, 1.54) is 0 Å². The molecule has 0 aliphatic rings. The van der Waals surface area contributed by atoms with Gasteiger partial charge in [0.05, 0.1) is 6.61 Å². The van der Waals surface area contributed by atoms with Gasteiger partial charge in [-0.15, -0.1) is 0 Å². The molecule has 0 aliphatic heterocycles. The van der Waals surface area contributed by atoms with Gasteiger partial charge in [-0.3, -0.25) is 10.0 Å². The first-order valence-electron chi connectivity index (χ1n) is 11.2. The van der Waals surface area contributed by atoms with Gasteiger partial charge in [-0.2, -0.15) is 0 Å². The van der Waals surface area contributed by atoms with E-state index in [-0.39, 0.29) is 6.42 Å². The number of anilines is 1. The predicted octanol–water partition coefficient (Wildman–Crippen LogP) is 5.29. The molecule has 0 fully saturated rings. The Morgan fingerprint density at radius 1 is 0.912 bits per heavy atom. The van der Waals surface area contributed by atoms with Crippen LogP contribution >= 0.6 is 0 Å². The van der Waals surface area contributed by atoms with Crippen molar-refractivity contribution in [3.8, 4) is 11.5 Å². The molecule has 0 saturated heterocycles. The van der Waals surface area contributed by atoms with E-state index < -0.39 is 12.0 Å². The maximum atomic E-state index is 11.2. The number of hydroxylamine groups is 1. The minimum Gasteiger partial charge on any atom is -0.457 e. The van der Waals surface area contributed by atoms with Crippen LogP contribution in [0.3, 0.4) is 0 Å². The van der Waals surface area contributed by atoms with Gasteiger partial charge in [0.2, 0.25) is 5.91 Å². The number of unbranched alkanes of at least 4 members (excludes halogenated alkanes) is 2. The molecule has 0 aliphatic carbocycles. The standard InChI is InChI=1S/C21H25NO5.C6H7N/c23-15-20(11-5-2-6-13-21(24)22-25)26-16-17-8-7-12-19(14-17)27-18-9-3-1-4-10-18;7-6-4-2-1-3-5-6/h1,3-4,7-10,12,14-15,20,25H,2,5-6,11,13,16H2,(H,22,24);1-5H,7H2. The average molecular weight is 465 g/mol. The number of nitrogen functional groups attached to an aromatic ring is 1. The average Bonchev–Trinajstić information content (AvgIpc) is 2.87. The van der Waals surface area contributed by atoms with E-state index in [0.29, 0.717) is 25.2 Å². The summed E-state index contributed by atoms with van der Waals surface area (Å²) in [6.45, 7) is 0.322. The fourth-order valence-corrected chi connectivity index (χ4v) is 3.03. The highest BCUT2D eigenvalue weighted by atomic mass is 16.5. The minimum absolute atomic E-state index is 0.275. The number of amides is 1. The zero-order chi connectivity index (χ0) is 24.4. The van der Waals surface area contributed by atoms with Crippen molar-refractivity contribution in [2.75, 3.05) is 5.73 Å². The van der Waals surface area contributed by atoms with Gasteiger partial charge in [0.25, 0.3) is 0 Å². The molecule has 0 aromatic heterocycles. The van der Waals surface area contributed by atoms with Crippen LogP contribution in [0.4, 0.5) is 5.69 Å². The van der Waals surface area contributed by atoms with Crippen LogP contribution in [0.5, 0.6) is 11.5 Å². The lowest BCUT2D eigenvalue weighted by atomic mass is 10.1. The molecule has 7 heteroatoms. The third-order valence-corrected chi connectivity index (χ3v) is 4.81. The molecular formula is C27H32N2O5. The first kappa shape index (κ1) is 26.6. The third-order valence-electron chi connectivity index (χ3n) is 4.81. The van der Waals surface area contributed by atoms with Gasteiger partial charge in [0.15, 0.2) is 0 Å². The highest BCUT2D eigenvalue weighted by molar-refractivity contribution is 5.74. The van der Waals surface area contributed by atoms with Crippen molar-refractivity contribution in [3.05, 3.63) is 90.5 Å². The van der Waals surface area contributed by atoms with Crippen LogP contribution in [-0.4, -0.2) is 23.5 Å². The molecule has 0 radical (unpaired) electrons. The normalized spacial score (nSPS) is 11.0. The van der Waals surface area contributed by atoms with Crippen molar-refractivity contribution < 1.29 is 24.3 Å². The number of ether oxygens (including phenoxy) is 2. The number of nitrogens with one attached hydrogen (secondary N) is 1. The zero-order valence-corrected chi connectivity index (χ0v) is 19.1. The maximum absolute atomic E-state index is 11.2. The van der Waals surface area contributed by atoms with Gasteiger partial charge in [0.1, 0.15) is 23.9 Å². The first-order valence-corrected chi connectivity index (χ1v) is 11.2. The lowest BCUT2D eigenvalue weighted by molar-refractivity contribution is -0.129. The molecule has 3 aromatic rings. The molecule has 1 atom stereocenters. The van der Waals surface area contributed by atoms with Gasteiger partial charge in [-0.05, 0) is 54.8 Å². The van der Waals surface area contributed by atoms with Crippen LogP contribution in [0.1, 0.15) is 37.7 Å². The van der Waals surface area contributed by atoms with Crippen molar-refractivity contribution in [2.24, 2.45) is 0 Å². The summed E-state index contributed by atoms with van der Waals surface area (Å²) < 4.78 is 11.5. The highest BCUT2D eigenvalue weighted by Crippen LogP contribution is 2.22. The Kier molecular flexibility index (Phi) is 12.5. The monoisotopic (exact) mass is 464 g/mol. The zero-order valence-electron chi connectivity index (χ0n) is 19.1. The summed E-state index contributed by atoms with van der Waals surface area (Å²) >= 11 is 0. The molecule has 0 saturated carbocycles. The second-order valence-corrected chi connectivity index (χ2v) is 7.59. The molecular weight excluding hydrogens is 432 g/mol. The van der Waals surface area contributed by atoms with E-state index in [1.54, 1.807) is 5.48 Å². The van der Waals surface area contributed by atoms with Crippen LogP contribution < -0.4 is 16.0 Å². The summed E-state index contributed by atoms with van der Waals surface area (Å²) in [5, 5.41) is 8.42. The number of carbonyl (C=O) groups is 2. The van der Waals surface area contributed by atoms with Crippen LogP contribution in [0, 0.1) is 0 Å². The van der Waals surface area contributed by atoms with Crippen LogP contribution in [0.15, 0.2) is 84.9 Å². The van der Waals surface area contributed by atoms with Gasteiger partial charge in [0, 0.05) is 12.1 Å². The predicted molar refractivity (Wildman–Crippen MR) is 131 cm³/mol. The lowest BCUT2D eigenvalue weighted by Gasteiger charge is -2.13. The van der Waals surface area contributed by atoms with Crippen molar-refractivity contribution in [1.29, 1.82) is 0 Å². The van der Waals surface area contributed by atoms with Gasteiger partial charge in [-0.25, -0.2) is 5.48 Å². The van der Waals surface area contributed by atoms with Crippen molar-refractivity contribution >= 4 is 17.9 Å². The Balaban J connectivity index is 0.000000497. The molecule has 0 spiro atoms. The minimum atomic E-state index is -0.477. The third kappa shape index (κ3) is 11.3. The Hall–Kier alpha value is -3.68. The number of nitrogens with two attached hydrogens (primary N) is 1. The van der Waals surface area contributed by atoms with Crippen molar-refractivity contribution in [1.82, 2.24) is 5.48 Å². The van der Waals surface area contributed by atoms with E-state index in [9.17, 15) is 9.59 Å². The van der Waals surface area contributed by atoms with E-state index in [2.05, 4.69) is 0 Å². The molecule has 3 rings (SSSR count). The van der Waals surface area contributed by atoms with Crippen LogP contribution in [0.25, 0.3) is 0 Å². The molecule has 4 N–H and O–H groups in total. The molecule has 1 unspecified atom stereocenters. The lowest BCUT2D eigenvalue weighted by Crippen LogP contribution is -2.18. The summed E-state index contributed by atoms with van der Waals surface area (Å²) in [6.07, 6.45) is 3.44. The molecule has 0 heterocycles. The fraction of sp³-hybridized carbons (Fsp3) is 0.259. The van der Waals surface area contributed by atoms with Gasteiger partial charge < -0.3 is 20.0 Å². The Morgan fingerprint density at radius 3 is 2.21 bits per heavy atom. The van der Waals surface area contributed by atoms with E-state index in [1.807, 2.05) is 84.9 Å². The summed E-state index contributed by atoms with van der Waals surface area (Å²) in [4.78, 5) is 22.1. The summed E-state index contributed by atoms with van der Waals surface area (Å²) in [6, 6.07) is 26.6. The summed E-state index contributed by atoms with van der Waals surface area (Å²) in [5.74, 6) is 1.08. The van der Waals surface area contributed by atoms with Crippen LogP contribution in [0.2, 0.25) is 0 Å². The quantitative estimate of drug-likeness (QED) is 0.110. The number of rotatable bonds is 12. The molecule has 1 amide bonds. The van der Waals surface area contributed by atoms with E-state index >= 15 is 0 Å². The highest BCUT2D eigenvalue weighted by Gasteiger charge is 2.09. The number of hydrogen-bond donors (Lipinski definition) is 3. The number of benzene rings is 3. The molecule has 180 valence electrons. The Labute approximate surface area is 200 Å². The molecule has 7 nitrogen and oxygen atoms in total. The fourth-order valence-electron chi connectivity index (χ4n) is 3.03. The largest absolute Gasteiger partial charge is 0.457 e. The number of aldehydes is 1. The number of carbonyl (C=O) groups excluding carboxylic acids is 2. The topological polar surface area (TPSA) is 111 Å². The van der Waals surface area contributed by atoms with Gasteiger partial charge >= 0.3 is 0 Å². The smallest absolute Gasteiger partial charge is 0.243 e. The number of hydrogen-bond acceptors (Lipinski definition) is 6. The number of para-hydroxylation sites is 2. The molecule has 34 heavy (non-hydrogen) atoms. The molecule has 0 bridgehead atoms. The second-order valence-electron chi connectivity index (χ2n) is 7.59. The SMILES string of the molecule is Nc1ccccc1.O=CC(CCCCCC(=O)NO)OCc1cccc(Oc2ccccc2)c1. The summed E-state index contributed by atoms with van der Waals surface area (Å²) in [7, 11) is 0. The van der Waals surface area contributed by atoms with Gasteiger partial charge in [-0.1, -0.05) is 61.4 Å². The van der Waals surface area contributed by atoms with Crippen molar-refractivity contribution in [2.45, 2.75) is 44.8 Å². The maximum Gasteiger partial charge on any atom is 0.243 e. The Morgan fingerprint density at radius 2 is 1.59 bits per heavy atom.